The first kappa shape index (κ1) is 15.0. The van der Waals surface area contributed by atoms with Crippen LogP contribution in [0.1, 0.15) is 12.0 Å². The minimum atomic E-state index is -0.564. The van der Waals surface area contributed by atoms with Crippen molar-refractivity contribution in [2.45, 2.75) is 12.0 Å². The maximum atomic E-state index is 12.1. The van der Waals surface area contributed by atoms with Crippen LogP contribution >= 0.6 is 11.6 Å². The van der Waals surface area contributed by atoms with Gasteiger partial charge in [-0.05, 0) is 17.7 Å². The van der Waals surface area contributed by atoms with Gasteiger partial charge in [0, 0.05) is 17.5 Å². The van der Waals surface area contributed by atoms with Crippen LogP contribution in [0.15, 0.2) is 53.6 Å². The third kappa shape index (κ3) is 2.16. The van der Waals surface area contributed by atoms with Crippen molar-refractivity contribution in [1.29, 1.82) is 0 Å². The molecule has 2 aliphatic heterocycles. The number of rotatable bonds is 2. The minimum Gasteiger partial charge on any atom is -0.488 e. The fourth-order valence-corrected chi connectivity index (χ4v) is 3.42. The molecule has 0 bridgehead atoms. The average Bonchev–Trinajstić information content (AvgIpc) is 3.03. The van der Waals surface area contributed by atoms with Gasteiger partial charge in [0.2, 0.25) is 0 Å². The first-order valence-corrected chi connectivity index (χ1v) is 7.96. The van der Waals surface area contributed by atoms with Crippen molar-refractivity contribution in [3.63, 3.8) is 0 Å². The molecule has 24 heavy (non-hydrogen) atoms. The van der Waals surface area contributed by atoms with Gasteiger partial charge in [0.15, 0.2) is 0 Å². The Hall–Kier alpha value is -2.53. The normalized spacial score (nSPS) is 21.4. The first-order chi connectivity index (χ1) is 11.6. The molecule has 0 spiro atoms. The molecule has 0 fully saturated rings. The largest absolute Gasteiger partial charge is 0.488 e. The lowest BCUT2D eigenvalue weighted by Crippen LogP contribution is -2.48. The van der Waals surface area contributed by atoms with E-state index in [9.17, 15) is 4.79 Å². The van der Waals surface area contributed by atoms with Crippen LogP contribution in [0.3, 0.4) is 0 Å². The number of carbonyl (C=O) groups excluding carboxylic acids is 1. The van der Waals surface area contributed by atoms with Gasteiger partial charge >= 0.3 is 5.97 Å². The quantitative estimate of drug-likeness (QED) is 0.785. The number of hydrazone groups is 1. The molecule has 0 saturated carbocycles. The Morgan fingerprint density at radius 1 is 1.29 bits per heavy atom. The molecule has 2 aromatic rings. The number of hydrogen-bond donors (Lipinski definition) is 0. The molecule has 0 radical (unpaired) electrons. The molecular weight excluding hydrogens is 328 g/mol. The van der Waals surface area contributed by atoms with Crippen molar-refractivity contribution >= 4 is 29.0 Å². The Morgan fingerprint density at radius 3 is 2.83 bits per heavy atom. The third-order valence-electron chi connectivity index (χ3n) is 4.43. The van der Waals surface area contributed by atoms with E-state index in [-0.39, 0.29) is 0 Å². The van der Waals surface area contributed by atoms with Gasteiger partial charge in [-0.15, -0.1) is 0 Å². The Kier molecular flexibility index (Phi) is 3.46. The van der Waals surface area contributed by atoms with Crippen molar-refractivity contribution in [3.8, 4) is 5.75 Å². The van der Waals surface area contributed by atoms with Crippen LogP contribution in [-0.4, -0.2) is 25.4 Å². The number of ether oxygens (including phenoxy) is 2. The smallest absolute Gasteiger partial charge is 0.354 e. The summed E-state index contributed by atoms with van der Waals surface area (Å²) < 4.78 is 10.9. The van der Waals surface area contributed by atoms with Crippen molar-refractivity contribution in [2.75, 3.05) is 18.7 Å². The number of hydrogen-bond acceptors (Lipinski definition) is 5. The van der Waals surface area contributed by atoms with Crippen molar-refractivity contribution in [2.24, 2.45) is 5.10 Å². The van der Waals surface area contributed by atoms with Gasteiger partial charge in [0.25, 0.3) is 0 Å². The van der Waals surface area contributed by atoms with Gasteiger partial charge in [-0.25, -0.2) is 9.80 Å². The second-order valence-electron chi connectivity index (χ2n) is 5.83. The van der Waals surface area contributed by atoms with E-state index in [2.05, 4.69) is 5.10 Å². The molecule has 2 heterocycles. The van der Waals surface area contributed by atoms with E-state index >= 15 is 0 Å². The summed E-state index contributed by atoms with van der Waals surface area (Å²) in [6.45, 7) is 0.369. The summed E-state index contributed by atoms with van der Waals surface area (Å²) in [7, 11) is 1.36. The summed E-state index contributed by atoms with van der Waals surface area (Å²) in [5.74, 6) is 0.235. The van der Waals surface area contributed by atoms with Crippen molar-refractivity contribution in [1.82, 2.24) is 0 Å². The summed E-state index contributed by atoms with van der Waals surface area (Å²) in [4.78, 5) is 12.1. The molecule has 1 unspecified atom stereocenters. The van der Waals surface area contributed by atoms with Crippen LogP contribution in [0.4, 0.5) is 5.69 Å². The summed E-state index contributed by atoms with van der Waals surface area (Å²) in [5, 5.41) is 7.01. The number of halogens is 1. The standard InChI is InChI=1S/C18H15ClN2O3/c1-23-17(22)14-10-18(12-5-3-2-4-6-12)11-24-16-9-13(19)7-8-15(16)21(18)20-14/h2-9H,10-11H2,1H3. The number of anilines is 1. The zero-order valence-electron chi connectivity index (χ0n) is 13.0. The third-order valence-corrected chi connectivity index (χ3v) is 4.67. The van der Waals surface area contributed by atoms with E-state index in [1.54, 1.807) is 12.1 Å². The highest BCUT2D eigenvalue weighted by Gasteiger charge is 2.50. The minimum absolute atomic E-state index is 0.369. The molecule has 122 valence electrons. The second kappa shape index (κ2) is 5.53. The summed E-state index contributed by atoms with van der Waals surface area (Å²) in [5.41, 5.74) is 1.64. The maximum absolute atomic E-state index is 12.1. The summed E-state index contributed by atoms with van der Waals surface area (Å²) in [6.07, 6.45) is 0.422. The van der Waals surface area contributed by atoms with Crippen LogP contribution in [0.5, 0.6) is 5.75 Å². The van der Waals surface area contributed by atoms with Crippen LogP contribution in [0.2, 0.25) is 5.02 Å². The fourth-order valence-electron chi connectivity index (χ4n) is 3.26. The van der Waals surface area contributed by atoms with Gasteiger partial charge in [0.1, 0.15) is 29.3 Å². The predicted molar refractivity (Wildman–Crippen MR) is 91.6 cm³/mol. The lowest BCUT2D eigenvalue weighted by molar-refractivity contribution is -0.132. The number of carbonyl (C=O) groups is 1. The molecule has 4 rings (SSSR count). The lowest BCUT2D eigenvalue weighted by Gasteiger charge is -2.42. The van der Waals surface area contributed by atoms with E-state index in [4.69, 9.17) is 21.1 Å². The monoisotopic (exact) mass is 342 g/mol. The Morgan fingerprint density at radius 2 is 2.08 bits per heavy atom. The molecule has 0 aliphatic carbocycles. The van der Waals surface area contributed by atoms with E-state index in [0.717, 1.165) is 11.3 Å². The van der Waals surface area contributed by atoms with Gasteiger partial charge in [-0.1, -0.05) is 41.9 Å². The highest BCUT2D eigenvalue weighted by molar-refractivity contribution is 6.37. The number of fused-ring (bicyclic) bond motifs is 3. The van der Waals surface area contributed by atoms with Crippen LogP contribution in [-0.2, 0) is 15.1 Å². The Balaban J connectivity index is 1.87. The van der Waals surface area contributed by atoms with Gasteiger partial charge in [-0.2, -0.15) is 5.10 Å². The SMILES string of the molecule is COC(=O)C1=NN2c3ccc(Cl)cc3OCC2(c2ccccc2)C1. The van der Waals surface area contributed by atoms with Crippen LogP contribution < -0.4 is 9.75 Å². The van der Waals surface area contributed by atoms with E-state index in [1.807, 2.05) is 41.4 Å². The maximum Gasteiger partial charge on any atom is 0.354 e. The van der Waals surface area contributed by atoms with Crippen LogP contribution in [0.25, 0.3) is 0 Å². The summed E-state index contributed by atoms with van der Waals surface area (Å²) in [6, 6.07) is 15.3. The molecular formula is C18H15ClN2O3. The molecule has 2 aromatic carbocycles. The van der Waals surface area contributed by atoms with E-state index < -0.39 is 11.5 Å². The summed E-state index contributed by atoms with van der Waals surface area (Å²) >= 11 is 6.06. The molecule has 0 N–H and O–H groups in total. The Labute approximate surface area is 144 Å². The van der Waals surface area contributed by atoms with Gasteiger partial charge in [0.05, 0.1) is 7.11 Å². The highest BCUT2D eigenvalue weighted by Crippen LogP contribution is 2.48. The van der Waals surface area contributed by atoms with Gasteiger partial charge in [-0.3, -0.25) is 0 Å². The van der Waals surface area contributed by atoms with Crippen LogP contribution in [0, 0.1) is 0 Å². The van der Waals surface area contributed by atoms with Crippen molar-refractivity contribution in [3.05, 3.63) is 59.1 Å². The predicted octanol–water partition coefficient (Wildman–Crippen LogP) is 3.37. The zero-order chi connectivity index (χ0) is 16.7. The molecule has 0 aromatic heterocycles. The molecule has 1 atom stereocenters. The molecule has 0 amide bonds. The Bertz CT molecular complexity index is 837. The van der Waals surface area contributed by atoms with E-state index in [1.165, 1.54) is 7.11 Å². The van der Waals surface area contributed by atoms with E-state index in [0.29, 0.717) is 29.5 Å². The molecule has 6 heteroatoms. The molecule has 5 nitrogen and oxygen atoms in total. The lowest BCUT2D eigenvalue weighted by atomic mass is 9.84. The van der Waals surface area contributed by atoms with Gasteiger partial charge < -0.3 is 9.47 Å². The number of methoxy groups -OCH3 is 1. The number of benzene rings is 2. The average molecular weight is 343 g/mol. The number of nitrogens with zero attached hydrogens (tertiary/aromatic N) is 2. The highest BCUT2D eigenvalue weighted by atomic mass is 35.5. The fraction of sp³-hybridized carbons (Fsp3) is 0.222. The topological polar surface area (TPSA) is 51.1 Å². The van der Waals surface area contributed by atoms with Crippen molar-refractivity contribution < 1.29 is 14.3 Å². The zero-order valence-corrected chi connectivity index (χ0v) is 13.8. The molecule has 0 saturated heterocycles. The first-order valence-electron chi connectivity index (χ1n) is 7.58. The number of esters is 1. The molecule has 2 aliphatic rings. The second-order valence-corrected chi connectivity index (χ2v) is 6.26.